The zero-order valence-electron chi connectivity index (χ0n) is 11.4. The van der Waals surface area contributed by atoms with Crippen molar-refractivity contribution < 1.29 is 9.47 Å². The van der Waals surface area contributed by atoms with Gasteiger partial charge in [-0.1, -0.05) is 6.07 Å². The van der Waals surface area contributed by atoms with E-state index in [1.54, 1.807) is 7.11 Å². The van der Waals surface area contributed by atoms with Crippen LogP contribution < -0.4 is 9.47 Å². The second-order valence-electron chi connectivity index (χ2n) is 4.19. The van der Waals surface area contributed by atoms with E-state index in [-0.39, 0.29) is 12.4 Å². The first-order valence-electron chi connectivity index (χ1n) is 5.98. The van der Waals surface area contributed by atoms with Gasteiger partial charge in [0.15, 0.2) is 0 Å². The number of benzene rings is 1. The van der Waals surface area contributed by atoms with E-state index >= 15 is 0 Å². The normalized spacial score (nSPS) is 9.84. The van der Waals surface area contributed by atoms with E-state index < -0.39 is 0 Å². The molecule has 1 aromatic heterocycles. The molecule has 1 aromatic carbocycles. The molecule has 0 amide bonds. The summed E-state index contributed by atoms with van der Waals surface area (Å²) in [6.45, 7) is 4.67. The molecule has 0 spiro atoms. The van der Waals surface area contributed by atoms with Gasteiger partial charge in [-0.3, -0.25) is 5.10 Å². The van der Waals surface area contributed by atoms with Crippen LogP contribution in [0.3, 0.4) is 0 Å². The summed E-state index contributed by atoms with van der Waals surface area (Å²) in [6, 6.07) is 7.63. The Morgan fingerprint density at radius 3 is 2.58 bits per heavy atom. The van der Waals surface area contributed by atoms with Crippen molar-refractivity contribution in [2.75, 3.05) is 13.7 Å². The molecule has 0 aliphatic rings. The van der Waals surface area contributed by atoms with Crippen molar-refractivity contribution >= 4 is 12.4 Å². The monoisotopic (exact) mass is 282 g/mol. The first-order chi connectivity index (χ1) is 8.70. The molecule has 0 bridgehead atoms. The van der Waals surface area contributed by atoms with Crippen LogP contribution in [-0.2, 0) is 6.42 Å². The molecule has 0 atom stereocenters. The summed E-state index contributed by atoms with van der Waals surface area (Å²) >= 11 is 0. The van der Waals surface area contributed by atoms with Crippen molar-refractivity contribution in [2.24, 2.45) is 0 Å². The number of ether oxygens (including phenoxy) is 2. The third-order valence-corrected chi connectivity index (χ3v) is 2.94. The molecule has 1 N–H and O–H groups in total. The number of hydrogen-bond donors (Lipinski definition) is 1. The minimum Gasteiger partial charge on any atom is -0.497 e. The Labute approximate surface area is 119 Å². The Hall–Kier alpha value is -1.68. The van der Waals surface area contributed by atoms with Gasteiger partial charge in [-0.05, 0) is 31.5 Å². The minimum absolute atomic E-state index is 0. The lowest BCUT2D eigenvalue weighted by molar-refractivity contribution is 0.318. The molecule has 2 rings (SSSR count). The molecule has 0 aliphatic heterocycles. The van der Waals surface area contributed by atoms with Crippen LogP contribution in [0.5, 0.6) is 11.5 Å². The highest BCUT2D eigenvalue weighted by Gasteiger charge is 2.06. The summed E-state index contributed by atoms with van der Waals surface area (Å²) in [5, 5.41) is 7.15. The van der Waals surface area contributed by atoms with Gasteiger partial charge >= 0.3 is 0 Å². The number of nitrogens with zero attached hydrogens (tertiary/aromatic N) is 1. The van der Waals surface area contributed by atoms with E-state index in [1.807, 2.05) is 38.1 Å². The molecule has 2 aromatic rings. The van der Waals surface area contributed by atoms with Crippen molar-refractivity contribution in [1.82, 2.24) is 10.2 Å². The first-order valence-corrected chi connectivity index (χ1v) is 5.98. The van der Waals surface area contributed by atoms with Gasteiger partial charge in [-0.25, -0.2) is 0 Å². The fourth-order valence-electron chi connectivity index (χ4n) is 1.90. The fourth-order valence-corrected chi connectivity index (χ4v) is 1.90. The number of nitrogens with one attached hydrogen (secondary N) is 1. The number of aryl methyl sites for hydroxylation is 2. The maximum absolute atomic E-state index is 5.71. The smallest absolute Gasteiger partial charge is 0.122 e. The van der Waals surface area contributed by atoms with Crippen LogP contribution in [0.25, 0.3) is 0 Å². The van der Waals surface area contributed by atoms with Crippen LogP contribution >= 0.6 is 12.4 Å². The fraction of sp³-hybridized carbons (Fsp3) is 0.357. The van der Waals surface area contributed by atoms with Crippen LogP contribution in [0.4, 0.5) is 0 Å². The second kappa shape index (κ2) is 7.04. The molecule has 19 heavy (non-hydrogen) atoms. The standard InChI is InChI=1S/C14H18N2O2.ClH/c1-10-14(11(2)16-15-10)7-8-18-13-6-4-5-12(9-13)17-3;/h4-6,9H,7-8H2,1-3H3,(H,15,16);1H. The summed E-state index contributed by atoms with van der Waals surface area (Å²) in [6.07, 6.45) is 0.853. The quantitative estimate of drug-likeness (QED) is 0.917. The Kier molecular flexibility index (Phi) is 5.70. The number of halogens is 1. The Morgan fingerprint density at radius 1 is 1.21 bits per heavy atom. The zero-order chi connectivity index (χ0) is 13.0. The van der Waals surface area contributed by atoms with Crippen molar-refractivity contribution in [3.05, 3.63) is 41.2 Å². The van der Waals surface area contributed by atoms with E-state index in [1.165, 1.54) is 5.56 Å². The average Bonchev–Trinajstić information content (AvgIpc) is 2.70. The summed E-state index contributed by atoms with van der Waals surface area (Å²) < 4.78 is 10.9. The lowest BCUT2D eigenvalue weighted by Crippen LogP contribution is -2.03. The van der Waals surface area contributed by atoms with Crippen LogP contribution in [0.15, 0.2) is 24.3 Å². The summed E-state index contributed by atoms with van der Waals surface area (Å²) in [5.41, 5.74) is 3.39. The van der Waals surface area contributed by atoms with Gasteiger partial charge in [0.2, 0.25) is 0 Å². The molecule has 0 radical (unpaired) electrons. The average molecular weight is 283 g/mol. The van der Waals surface area contributed by atoms with E-state index in [2.05, 4.69) is 10.2 Å². The van der Waals surface area contributed by atoms with Crippen LogP contribution in [-0.4, -0.2) is 23.9 Å². The molecule has 0 saturated carbocycles. The summed E-state index contributed by atoms with van der Waals surface area (Å²) in [5.74, 6) is 1.64. The maximum atomic E-state index is 5.71. The number of aromatic nitrogens is 2. The van der Waals surface area contributed by atoms with Crippen LogP contribution in [0.1, 0.15) is 17.0 Å². The predicted molar refractivity (Wildman–Crippen MR) is 77.5 cm³/mol. The third kappa shape index (κ3) is 3.89. The number of methoxy groups -OCH3 is 1. The Morgan fingerprint density at radius 2 is 1.95 bits per heavy atom. The number of aromatic amines is 1. The summed E-state index contributed by atoms with van der Waals surface area (Å²) in [7, 11) is 1.65. The first kappa shape index (κ1) is 15.4. The largest absolute Gasteiger partial charge is 0.497 e. The molecular formula is C14H19ClN2O2. The molecule has 0 fully saturated rings. The van der Waals surface area contributed by atoms with E-state index in [0.29, 0.717) is 6.61 Å². The van der Waals surface area contributed by atoms with Gasteiger partial charge in [0.05, 0.1) is 19.4 Å². The topological polar surface area (TPSA) is 47.1 Å². The Bertz CT molecular complexity index is 506. The van der Waals surface area contributed by atoms with Gasteiger partial charge in [0.1, 0.15) is 11.5 Å². The maximum Gasteiger partial charge on any atom is 0.122 e. The van der Waals surface area contributed by atoms with Crippen molar-refractivity contribution in [2.45, 2.75) is 20.3 Å². The van der Waals surface area contributed by atoms with Crippen LogP contribution in [0.2, 0.25) is 0 Å². The molecule has 4 nitrogen and oxygen atoms in total. The lowest BCUT2D eigenvalue weighted by atomic mass is 10.1. The highest BCUT2D eigenvalue weighted by molar-refractivity contribution is 5.85. The molecule has 0 unspecified atom stereocenters. The van der Waals surface area contributed by atoms with Gasteiger partial charge in [-0.15, -0.1) is 12.4 Å². The molecule has 104 valence electrons. The lowest BCUT2D eigenvalue weighted by Gasteiger charge is -2.07. The van der Waals surface area contributed by atoms with Gasteiger partial charge in [0.25, 0.3) is 0 Å². The van der Waals surface area contributed by atoms with Crippen molar-refractivity contribution in [1.29, 1.82) is 0 Å². The molecule has 0 saturated heterocycles. The SMILES string of the molecule is COc1cccc(OCCc2c(C)n[nH]c2C)c1.Cl. The van der Waals surface area contributed by atoms with Crippen LogP contribution in [0, 0.1) is 13.8 Å². The van der Waals surface area contributed by atoms with Gasteiger partial charge in [-0.2, -0.15) is 5.10 Å². The van der Waals surface area contributed by atoms with E-state index in [0.717, 1.165) is 29.3 Å². The highest BCUT2D eigenvalue weighted by atomic mass is 35.5. The second-order valence-corrected chi connectivity index (χ2v) is 4.19. The van der Waals surface area contributed by atoms with Gasteiger partial charge in [0, 0.05) is 18.2 Å². The summed E-state index contributed by atoms with van der Waals surface area (Å²) in [4.78, 5) is 0. The third-order valence-electron chi connectivity index (χ3n) is 2.94. The van der Waals surface area contributed by atoms with Gasteiger partial charge < -0.3 is 9.47 Å². The minimum atomic E-state index is 0. The van der Waals surface area contributed by atoms with Crippen molar-refractivity contribution in [3.8, 4) is 11.5 Å². The van der Waals surface area contributed by atoms with E-state index in [4.69, 9.17) is 9.47 Å². The molecule has 5 heteroatoms. The molecule has 1 heterocycles. The Balaban J connectivity index is 0.00000180. The number of H-pyrrole nitrogens is 1. The van der Waals surface area contributed by atoms with E-state index in [9.17, 15) is 0 Å². The molecule has 0 aliphatic carbocycles. The van der Waals surface area contributed by atoms with Crippen molar-refractivity contribution in [3.63, 3.8) is 0 Å². The zero-order valence-corrected chi connectivity index (χ0v) is 12.2. The highest BCUT2D eigenvalue weighted by Crippen LogP contribution is 2.19. The predicted octanol–water partition coefficient (Wildman–Crippen LogP) is 3.08. The molecular weight excluding hydrogens is 264 g/mol. The number of hydrogen-bond acceptors (Lipinski definition) is 3. The number of rotatable bonds is 5.